The van der Waals surface area contributed by atoms with Crippen LogP contribution in [0.5, 0.6) is 0 Å². The molecule has 162 valence electrons. The summed E-state index contributed by atoms with van der Waals surface area (Å²) in [6.45, 7) is 14.1. The molecule has 0 saturated heterocycles. The van der Waals surface area contributed by atoms with E-state index in [1.807, 2.05) is 27.7 Å². The van der Waals surface area contributed by atoms with Crippen LogP contribution in [-0.4, -0.2) is 23.5 Å². The van der Waals surface area contributed by atoms with Crippen LogP contribution in [0, 0.1) is 23.2 Å². The fourth-order valence-corrected chi connectivity index (χ4v) is 4.13. The van der Waals surface area contributed by atoms with Crippen molar-refractivity contribution >= 4 is 11.9 Å². The van der Waals surface area contributed by atoms with Crippen LogP contribution < -0.4 is 5.32 Å². The largest absolute Gasteiger partial charge is 0.444 e. The Kier molecular flexibility index (Phi) is 7.53. The molecule has 0 spiro atoms. The molecule has 1 fully saturated rings. The third-order valence-corrected chi connectivity index (χ3v) is 5.98. The maximum absolute atomic E-state index is 13.1. The normalized spacial score (nSPS) is 27.6. The van der Waals surface area contributed by atoms with Crippen LogP contribution in [0.4, 0.5) is 4.79 Å². The molecule has 4 unspecified atom stereocenters. The van der Waals surface area contributed by atoms with Gasteiger partial charge in [0.2, 0.25) is 0 Å². The summed E-state index contributed by atoms with van der Waals surface area (Å²) in [7, 11) is 0. The van der Waals surface area contributed by atoms with E-state index >= 15 is 0 Å². The highest BCUT2D eigenvalue weighted by molar-refractivity contribution is 5.84. The van der Waals surface area contributed by atoms with Crippen molar-refractivity contribution in [2.45, 2.75) is 85.8 Å². The van der Waals surface area contributed by atoms with E-state index in [0.717, 1.165) is 25.7 Å². The Morgan fingerprint density at radius 1 is 1.24 bits per heavy atom. The molecule has 29 heavy (non-hydrogen) atoms. The van der Waals surface area contributed by atoms with Crippen molar-refractivity contribution in [2.24, 2.45) is 23.2 Å². The molecular formula is C25H39NO3. The van der Waals surface area contributed by atoms with E-state index in [2.05, 4.69) is 56.5 Å². The summed E-state index contributed by atoms with van der Waals surface area (Å²) in [4.78, 5) is 25.4. The monoisotopic (exact) mass is 401 g/mol. The molecule has 1 amide bonds. The average molecular weight is 402 g/mol. The number of allylic oxidation sites excluding steroid dienone is 6. The molecule has 0 radical (unpaired) electrons. The zero-order valence-electron chi connectivity index (χ0n) is 19.2. The Bertz CT molecular complexity index is 693. The third-order valence-electron chi connectivity index (χ3n) is 5.98. The van der Waals surface area contributed by atoms with Gasteiger partial charge in [-0.15, -0.1) is 0 Å². The van der Waals surface area contributed by atoms with Gasteiger partial charge in [0.1, 0.15) is 11.4 Å². The molecule has 1 saturated carbocycles. The fraction of sp³-hybridized carbons (Fsp3) is 0.680. The summed E-state index contributed by atoms with van der Waals surface area (Å²) in [5, 5.41) is 3.04. The average Bonchev–Trinajstić information content (AvgIpc) is 2.79. The molecule has 0 aromatic rings. The van der Waals surface area contributed by atoms with Crippen LogP contribution in [0.25, 0.3) is 0 Å². The number of ether oxygens (including phenoxy) is 1. The lowest BCUT2D eigenvalue weighted by Gasteiger charge is -2.37. The van der Waals surface area contributed by atoms with Gasteiger partial charge in [0.15, 0.2) is 0 Å². The summed E-state index contributed by atoms with van der Waals surface area (Å²) in [5.41, 5.74) is 0.664. The first kappa shape index (κ1) is 23.4. The SMILES string of the molecule is CCC(C)C(=O)C1CCC(NC(=O)OC(C)(C)C)CC1C1=CC=CC(C)(C)C=C1. The predicted octanol–water partition coefficient (Wildman–Crippen LogP) is 5.99. The van der Waals surface area contributed by atoms with E-state index in [1.165, 1.54) is 5.57 Å². The van der Waals surface area contributed by atoms with Crippen LogP contribution in [0.2, 0.25) is 0 Å². The smallest absolute Gasteiger partial charge is 0.407 e. The topological polar surface area (TPSA) is 55.4 Å². The Balaban J connectivity index is 2.22. The van der Waals surface area contributed by atoms with Gasteiger partial charge in [-0.05, 0) is 57.9 Å². The highest BCUT2D eigenvalue weighted by Gasteiger charge is 2.38. The Morgan fingerprint density at radius 3 is 2.55 bits per heavy atom. The van der Waals surface area contributed by atoms with Gasteiger partial charge in [-0.2, -0.15) is 0 Å². The molecule has 0 aromatic carbocycles. The molecular weight excluding hydrogens is 362 g/mol. The maximum atomic E-state index is 13.1. The van der Waals surface area contributed by atoms with Crippen LogP contribution in [0.3, 0.4) is 0 Å². The number of hydrogen-bond acceptors (Lipinski definition) is 3. The van der Waals surface area contributed by atoms with Gasteiger partial charge in [-0.1, -0.05) is 58.1 Å². The summed E-state index contributed by atoms with van der Waals surface area (Å²) < 4.78 is 5.44. The second-order valence-corrected chi connectivity index (χ2v) is 10.3. The van der Waals surface area contributed by atoms with Gasteiger partial charge in [-0.25, -0.2) is 4.79 Å². The lowest BCUT2D eigenvalue weighted by Crippen LogP contribution is -2.45. The number of nitrogens with one attached hydrogen (secondary N) is 1. The van der Waals surface area contributed by atoms with Crippen LogP contribution >= 0.6 is 0 Å². The number of rotatable bonds is 5. The van der Waals surface area contributed by atoms with Gasteiger partial charge in [0.25, 0.3) is 0 Å². The quantitative estimate of drug-likeness (QED) is 0.615. The van der Waals surface area contributed by atoms with Gasteiger partial charge >= 0.3 is 6.09 Å². The molecule has 4 atom stereocenters. The van der Waals surface area contributed by atoms with Gasteiger partial charge in [0.05, 0.1) is 0 Å². The molecule has 4 nitrogen and oxygen atoms in total. The number of amides is 1. The number of alkyl carbamates (subject to hydrolysis) is 1. The van der Waals surface area contributed by atoms with E-state index in [9.17, 15) is 9.59 Å². The zero-order chi connectivity index (χ0) is 21.8. The molecule has 1 N–H and O–H groups in total. The fourth-order valence-electron chi connectivity index (χ4n) is 4.13. The van der Waals surface area contributed by atoms with Crippen molar-refractivity contribution < 1.29 is 14.3 Å². The number of carbonyl (C=O) groups is 2. The Labute approximate surface area is 176 Å². The lowest BCUT2D eigenvalue weighted by molar-refractivity contribution is -0.128. The van der Waals surface area contributed by atoms with Gasteiger partial charge in [0, 0.05) is 23.3 Å². The molecule has 0 heterocycles. The molecule has 2 aliphatic carbocycles. The zero-order valence-corrected chi connectivity index (χ0v) is 19.2. The second-order valence-electron chi connectivity index (χ2n) is 10.3. The van der Waals surface area contributed by atoms with Crippen molar-refractivity contribution in [1.29, 1.82) is 0 Å². The van der Waals surface area contributed by atoms with Crippen molar-refractivity contribution in [3.05, 3.63) is 36.0 Å². The van der Waals surface area contributed by atoms with Crippen molar-refractivity contribution in [2.75, 3.05) is 0 Å². The summed E-state index contributed by atoms with van der Waals surface area (Å²) >= 11 is 0. The van der Waals surface area contributed by atoms with Crippen LogP contribution in [0.1, 0.15) is 74.1 Å². The molecule has 0 aromatic heterocycles. The number of hydrogen-bond donors (Lipinski definition) is 1. The van der Waals surface area contributed by atoms with Gasteiger partial charge < -0.3 is 10.1 Å². The predicted molar refractivity (Wildman–Crippen MR) is 119 cm³/mol. The van der Waals surface area contributed by atoms with Crippen molar-refractivity contribution in [3.8, 4) is 0 Å². The lowest BCUT2D eigenvalue weighted by atomic mass is 9.69. The summed E-state index contributed by atoms with van der Waals surface area (Å²) in [6, 6.07) is 0.0189. The maximum Gasteiger partial charge on any atom is 0.407 e. The molecule has 4 heteroatoms. The Morgan fingerprint density at radius 2 is 1.93 bits per heavy atom. The van der Waals surface area contributed by atoms with E-state index in [1.54, 1.807) is 0 Å². The number of Topliss-reactive ketones (excluding diaryl/α,β-unsaturated/α-hetero) is 1. The van der Waals surface area contributed by atoms with Crippen LogP contribution in [-0.2, 0) is 9.53 Å². The highest BCUT2D eigenvalue weighted by Crippen LogP contribution is 2.39. The minimum absolute atomic E-state index is 0.00268. The van der Waals surface area contributed by atoms with Crippen molar-refractivity contribution in [3.63, 3.8) is 0 Å². The molecule has 0 bridgehead atoms. The molecule has 2 aliphatic rings. The van der Waals surface area contributed by atoms with E-state index in [4.69, 9.17) is 4.74 Å². The summed E-state index contributed by atoms with van der Waals surface area (Å²) in [6.07, 6.45) is 13.7. The third kappa shape index (κ3) is 6.87. The highest BCUT2D eigenvalue weighted by atomic mass is 16.6. The first-order valence-corrected chi connectivity index (χ1v) is 11.0. The Hall–Kier alpha value is -1.84. The van der Waals surface area contributed by atoms with Gasteiger partial charge in [-0.3, -0.25) is 4.79 Å². The van der Waals surface area contributed by atoms with E-state index in [0.29, 0.717) is 5.78 Å². The number of ketones is 1. The molecule has 0 aliphatic heterocycles. The van der Waals surface area contributed by atoms with Crippen LogP contribution in [0.15, 0.2) is 36.0 Å². The van der Waals surface area contributed by atoms with E-state index < -0.39 is 5.60 Å². The van der Waals surface area contributed by atoms with Crippen molar-refractivity contribution in [1.82, 2.24) is 5.32 Å². The minimum Gasteiger partial charge on any atom is -0.444 e. The first-order chi connectivity index (χ1) is 13.4. The standard InChI is InChI=1S/C25H39NO3/c1-8-17(2)22(27)20-12-11-19(26-23(28)29-24(3,4)5)16-21(20)18-10-9-14-25(6,7)15-13-18/h9-10,13-15,17,19-21H,8,11-12,16H2,1-7H3,(H,26,28). The minimum atomic E-state index is -0.518. The number of carbonyl (C=O) groups excluding carboxylic acids is 2. The second kappa shape index (κ2) is 9.32. The first-order valence-electron chi connectivity index (χ1n) is 11.0. The summed E-state index contributed by atoms with van der Waals surface area (Å²) in [5.74, 6) is 0.544. The molecule has 2 rings (SSSR count). The van der Waals surface area contributed by atoms with E-state index in [-0.39, 0.29) is 35.3 Å².